The van der Waals surface area contributed by atoms with Gasteiger partial charge in [0.15, 0.2) is 0 Å². The van der Waals surface area contributed by atoms with Crippen LogP contribution in [0.25, 0.3) is 0 Å². The van der Waals surface area contributed by atoms with Gasteiger partial charge in [-0.1, -0.05) is 0 Å². The Labute approximate surface area is 88.6 Å². The Bertz CT molecular complexity index is 352. The molecule has 0 aliphatic rings. The molecule has 0 radical (unpaired) electrons. The molecule has 1 N–H and O–H groups in total. The summed E-state index contributed by atoms with van der Waals surface area (Å²) in [5, 5.41) is 0. The summed E-state index contributed by atoms with van der Waals surface area (Å²) in [6, 6.07) is 0. The molecular formula is C6H3BrF2INO. The summed E-state index contributed by atoms with van der Waals surface area (Å²) >= 11 is 4.57. The lowest BCUT2D eigenvalue weighted by Gasteiger charge is -2.01. The summed E-state index contributed by atoms with van der Waals surface area (Å²) in [5.74, 6) is 0. The zero-order chi connectivity index (χ0) is 9.30. The van der Waals surface area contributed by atoms with Crippen molar-refractivity contribution in [1.29, 1.82) is 0 Å². The van der Waals surface area contributed by atoms with Gasteiger partial charge in [0.1, 0.15) is 5.69 Å². The molecule has 0 atom stereocenters. The van der Waals surface area contributed by atoms with Crippen LogP contribution < -0.4 is 5.43 Å². The Morgan fingerprint density at radius 3 is 2.67 bits per heavy atom. The van der Waals surface area contributed by atoms with Crippen LogP contribution in [0.4, 0.5) is 8.78 Å². The summed E-state index contributed by atoms with van der Waals surface area (Å²) in [6.45, 7) is 0. The summed E-state index contributed by atoms with van der Waals surface area (Å²) < 4.78 is 24.6. The highest BCUT2D eigenvalue weighted by Gasteiger charge is 2.15. The number of hydrogen-bond acceptors (Lipinski definition) is 1. The van der Waals surface area contributed by atoms with Crippen LogP contribution in [0, 0.1) is 3.57 Å². The lowest BCUT2D eigenvalue weighted by Crippen LogP contribution is -2.10. The van der Waals surface area contributed by atoms with Crippen LogP contribution in [-0.4, -0.2) is 4.98 Å². The Balaban J connectivity index is 3.37. The molecule has 6 heteroatoms. The number of hydrogen-bond donors (Lipinski definition) is 1. The third-order valence-corrected chi connectivity index (χ3v) is 2.81. The van der Waals surface area contributed by atoms with Crippen molar-refractivity contribution in [2.75, 3.05) is 0 Å². The van der Waals surface area contributed by atoms with Crippen LogP contribution in [0.2, 0.25) is 0 Å². The molecule has 0 saturated heterocycles. The van der Waals surface area contributed by atoms with Crippen molar-refractivity contribution < 1.29 is 8.78 Å². The van der Waals surface area contributed by atoms with E-state index in [-0.39, 0.29) is 10.2 Å². The fourth-order valence-corrected chi connectivity index (χ4v) is 1.95. The average molecular weight is 350 g/mol. The van der Waals surface area contributed by atoms with Gasteiger partial charge >= 0.3 is 0 Å². The highest BCUT2D eigenvalue weighted by molar-refractivity contribution is 14.1. The van der Waals surface area contributed by atoms with E-state index in [2.05, 4.69) is 20.9 Å². The van der Waals surface area contributed by atoms with Crippen molar-refractivity contribution in [3.05, 3.63) is 30.2 Å². The molecule has 2 nitrogen and oxygen atoms in total. The first-order valence-electron chi connectivity index (χ1n) is 2.88. The fourth-order valence-electron chi connectivity index (χ4n) is 0.656. The van der Waals surface area contributed by atoms with E-state index in [0.29, 0.717) is 3.57 Å². The van der Waals surface area contributed by atoms with E-state index >= 15 is 0 Å². The van der Waals surface area contributed by atoms with Gasteiger partial charge in [-0.15, -0.1) is 0 Å². The standard InChI is InChI=1S/C6H3BrF2INO/c7-3-4(6(8)9)11-1-2(10)5(3)12/h1,6H,(H,11,12). The van der Waals surface area contributed by atoms with E-state index < -0.39 is 11.9 Å². The van der Waals surface area contributed by atoms with Crippen molar-refractivity contribution in [2.24, 2.45) is 0 Å². The lowest BCUT2D eigenvalue weighted by molar-refractivity contribution is 0.145. The van der Waals surface area contributed by atoms with Crippen molar-refractivity contribution >= 4 is 38.5 Å². The molecule has 1 rings (SSSR count). The van der Waals surface area contributed by atoms with E-state index in [1.165, 1.54) is 6.20 Å². The van der Waals surface area contributed by atoms with E-state index in [1.807, 2.05) is 0 Å². The molecule has 0 aromatic carbocycles. The van der Waals surface area contributed by atoms with Crippen LogP contribution in [-0.2, 0) is 0 Å². The van der Waals surface area contributed by atoms with E-state index in [9.17, 15) is 13.6 Å². The molecule has 1 aromatic heterocycles. The molecule has 0 aliphatic heterocycles. The smallest absolute Gasteiger partial charge is 0.279 e. The van der Waals surface area contributed by atoms with Crippen LogP contribution in [0.3, 0.4) is 0 Å². The summed E-state index contributed by atoms with van der Waals surface area (Å²) in [7, 11) is 0. The second-order valence-electron chi connectivity index (χ2n) is 1.99. The predicted octanol–water partition coefficient (Wildman–Crippen LogP) is 2.68. The van der Waals surface area contributed by atoms with Gasteiger partial charge in [0.25, 0.3) is 6.43 Å². The molecule has 0 saturated carbocycles. The highest BCUT2D eigenvalue weighted by atomic mass is 127. The third-order valence-electron chi connectivity index (χ3n) is 1.23. The first kappa shape index (κ1) is 10.1. The van der Waals surface area contributed by atoms with Gasteiger partial charge in [-0.05, 0) is 38.5 Å². The maximum absolute atomic E-state index is 12.1. The molecule has 0 unspecified atom stereocenters. The zero-order valence-electron chi connectivity index (χ0n) is 5.57. The molecule has 12 heavy (non-hydrogen) atoms. The lowest BCUT2D eigenvalue weighted by atomic mass is 10.3. The molecule has 1 aromatic rings. The minimum Gasteiger partial charge on any atom is -0.358 e. The minimum atomic E-state index is -2.66. The number of alkyl halides is 2. The number of rotatable bonds is 1. The molecule has 1 heterocycles. The van der Waals surface area contributed by atoms with Crippen LogP contribution >= 0.6 is 38.5 Å². The van der Waals surface area contributed by atoms with Gasteiger partial charge in [-0.3, -0.25) is 4.79 Å². The minimum absolute atomic E-state index is 0.0931. The Morgan fingerprint density at radius 2 is 2.17 bits per heavy atom. The molecule has 0 aliphatic carbocycles. The van der Waals surface area contributed by atoms with Crippen LogP contribution in [0.15, 0.2) is 15.5 Å². The van der Waals surface area contributed by atoms with Crippen LogP contribution in [0.5, 0.6) is 0 Å². The van der Waals surface area contributed by atoms with Crippen molar-refractivity contribution in [2.45, 2.75) is 6.43 Å². The number of halogens is 4. The summed E-state index contributed by atoms with van der Waals surface area (Å²) in [6.07, 6.45) is -1.40. The average Bonchev–Trinajstić information content (AvgIpc) is 2.00. The predicted molar refractivity (Wildman–Crippen MR) is 52.4 cm³/mol. The van der Waals surface area contributed by atoms with Gasteiger partial charge in [0, 0.05) is 6.20 Å². The van der Waals surface area contributed by atoms with Gasteiger partial charge in [-0.25, -0.2) is 8.78 Å². The molecule has 0 bridgehead atoms. The number of H-pyrrole nitrogens is 1. The van der Waals surface area contributed by atoms with Crippen molar-refractivity contribution in [1.82, 2.24) is 4.98 Å². The molecular weight excluding hydrogens is 347 g/mol. The Hall–Kier alpha value is 0.0200. The van der Waals surface area contributed by atoms with Gasteiger partial charge in [0.2, 0.25) is 5.43 Å². The normalized spacial score (nSPS) is 10.8. The fraction of sp³-hybridized carbons (Fsp3) is 0.167. The quantitative estimate of drug-likeness (QED) is 0.777. The molecule has 0 spiro atoms. The van der Waals surface area contributed by atoms with E-state index in [4.69, 9.17) is 0 Å². The molecule has 66 valence electrons. The van der Waals surface area contributed by atoms with Gasteiger partial charge in [0.05, 0.1) is 8.04 Å². The summed E-state index contributed by atoms with van der Waals surface area (Å²) in [4.78, 5) is 13.4. The van der Waals surface area contributed by atoms with Crippen molar-refractivity contribution in [3.8, 4) is 0 Å². The van der Waals surface area contributed by atoms with E-state index in [0.717, 1.165) is 0 Å². The van der Waals surface area contributed by atoms with Crippen molar-refractivity contribution in [3.63, 3.8) is 0 Å². The second kappa shape index (κ2) is 3.82. The van der Waals surface area contributed by atoms with E-state index in [1.54, 1.807) is 22.6 Å². The topological polar surface area (TPSA) is 32.9 Å². The third kappa shape index (κ3) is 1.85. The summed E-state index contributed by atoms with van der Waals surface area (Å²) in [5.41, 5.74) is -0.787. The number of aromatic nitrogens is 1. The van der Waals surface area contributed by atoms with Gasteiger partial charge < -0.3 is 4.98 Å². The molecule has 0 amide bonds. The number of aromatic amines is 1. The monoisotopic (exact) mass is 349 g/mol. The molecule has 0 fully saturated rings. The first-order valence-corrected chi connectivity index (χ1v) is 4.76. The SMILES string of the molecule is O=c1c(I)c[nH]c(C(F)F)c1Br. The Morgan fingerprint density at radius 1 is 1.58 bits per heavy atom. The van der Waals surface area contributed by atoms with Gasteiger partial charge in [-0.2, -0.15) is 0 Å². The maximum Gasteiger partial charge on any atom is 0.279 e. The Kier molecular flexibility index (Phi) is 3.22. The largest absolute Gasteiger partial charge is 0.358 e. The second-order valence-corrected chi connectivity index (χ2v) is 3.95. The van der Waals surface area contributed by atoms with Crippen LogP contribution in [0.1, 0.15) is 12.1 Å². The highest BCUT2D eigenvalue weighted by Crippen LogP contribution is 2.22. The zero-order valence-corrected chi connectivity index (χ0v) is 9.32. The first-order chi connectivity index (χ1) is 5.54. The number of pyridine rings is 1. The number of nitrogens with one attached hydrogen (secondary N) is 1. The maximum atomic E-state index is 12.1.